The number of nitrogens with one attached hydrogen (secondary N) is 1. The largest absolute Gasteiger partial charge is 0.497 e. The van der Waals surface area contributed by atoms with Gasteiger partial charge < -0.3 is 14.5 Å². The molecule has 0 bridgehead atoms. The third-order valence-electron chi connectivity index (χ3n) is 3.49. The molecule has 0 aliphatic carbocycles. The summed E-state index contributed by atoms with van der Waals surface area (Å²) in [7, 11) is 1.60. The molecule has 0 aliphatic rings. The first-order valence-corrected chi connectivity index (χ1v) is 7.47. The van der Waals surface area contributed by atoms with Crippen molar-refractivity contribution in [3.8, 4) is 17.2 Å². The van der Waals surface area contributed by atoms with Gasteiger partial charge in [-0.2, -0.15) is 0 Å². The summed E-state index contributed by atoms with van der Waals surface area (Å²) in [6.07, 6.45) is 0. The van der Waals surface area contributed by atoms with Gasteiger partial charge in [-0.25, -0.2) is 0 Å². The van der Waals surface area contributed by atoms with E-state index in [4.69, 9.17) is 9.15 Å². The van der Waals surface area contributed by atoms with E-state index in [9.17, 15) is 4.79 Å². The molecule has 6 heteroatoms. The molecule has 24 heavy (non-hydrogen) atoms. The van der Waals surface area contributed by atoms with Crippen molar-refractivity contribution in [2.24, 2.45) is 0 Å². The zero-order valence-corrected chi connectivity index (χ0v) is 13.4. The van der Waals surface area contributed by atoms with E-state index in [1.54, 1.807) is 31.4 Å². The van der Waals surface area contributed by atoms with Crippen LogP contribution in [-0.2, 0) is 6.54 Å². The Morgan fingerprint density at radius 3 is 2.67 bits per heavy atom. The molecule has 0 saturated heterocycles. The maximum Gasteiger partial charge on any atom is 0.309 e. The van der Waals surface area contributed by atoms with Crippen LogP contribution in [0.3, 0.4) is 0 Å². The van der Waals surface area contributed by atoms with E-state index in [0.29, 0.717) is 12.4 Å². The van der Waals surface area contributed by atoms with Crippen LogP contribution in [0.25, 0.3) is 11.5 Å². The van der Waals surface area contributed by atoms with Gasteiger partial charge in [0.25, 0.3) is 0 Å². The number of aryl methyl sites for hydroxylation is 1. The van der Waals surface area contributed by atoms with E-state index >= 15 is 0 Å². The van der Waals surface area contributed by atoms with Gasteiger partial charge in [0.05, 0.1) is 7.11 Å². The quantitative estimate of drug-likeness (QED) is 0.781. The Kier molecular flexibility index (Phi) is 4.56. The van der Waals surface area contributed by atoms with Crippen molar-refractivity contribution >= 4 is 5.91 Å². The Morgan fingerprint density at radius 1 is 1.17 bits per heavy atom. The van der Waals surface area contributed by atoms with Gasteiger partial charge in [-0.05, 0) is 36.8 Å². The molecule has 0 saturated carbocycles. The minimum atomic E-state index is -0.399. The molecule has 0 aliphatic heterocycles. The second kappa shape index (κ2) is 6.95. The number of nitrogens with zero attached hydrogens (tertiary/aromatic N) is 2. The lowest BCUT2D eigenvalue weighted by molar-refractivity contribution is 0.0917. The molecule has 3 aromatic rings. The van der Waals surface area contributed by atoms with Crippen molar-refractivity contribution in [2.75, 3.05) is 7.11 Å². The number of rotatable bonds is 5. The molecule has 3 rings (SSSR count). The predicted octanol–water partition coefficient (Wildman–Crippen LogP) is 2.98. The maximum absolute atomic E-state index is 12.1. The lowest BCUT2D eigenvalue weighted by atomic mass is 10.1. The average molecular weight is 323 g/mol. The summed E-state index contributed by atoms with van der Waals surface area (Å²) in [5, 5.41) is 10.5. The smallest absolute Gasteiger partial charge is 0.309 e. The topological polar surface area (TPSA) is 77.2 Å². The van der Waals surface area contributed by atoms with Crippen molar-refractivity contribution in [3.05, 3.63) is 65.5 Å². The molecule has 1 heterocycles. The third kappa shape index (κ3) is 3.60. The van der Waals surface area contributed by atoms with Gasteiger partial charge in [0.15, 0.2) is 0 Å². The summed E-state index contributed by atoms with van der Waals surface area (Å²) in [4.78, 5) is 12.1. The maximum atomic E-state index is 12.1. The zero-order chi connectivity index (χ0) is 16.9. The van der Waals surface area contributed by atoms with Gasteiger partial charge in [-0.15, -0.1) is 10.2 Å². The van der Waals surface area contributed by atoms with Crippen LogP contribution in [-0.4, -0.2) is 23.2 Å². The Balaban J connectivity index is 1.66. The van der Waals surface area contributed by atoms with Gasteiger partial charge in [0.2, 0.25) is 5.89 Å². The monoisotopic (exact) mass is 323 g/mol. The third-order valence-corrected chi connectivity index (χ3v) is 3.49. The van der Waals surface area contributed by atoms with E-state index in [-0.39, 0.29) is 5.89 Å². The zero-order valence-electron chi connectivity index (χ0n) is 13.4. The second-order valence-corrected chi connectivity index (χ2v) is 5.31. The van der Waals surface area contributed by atoms with Crippen molar-refractivity contribution in [1.29, 1.82) is 0 Å². The van der Waals surface area contributed by atoms with Crippen LogP contribution >= 0.6 is 0 Å². The fraction of sp³-hybridized carbons (Fsp3) is 0.167. The fourth-order valence-electron chi connectivity index (χ4n) is 2.25. The lowest BCUT2D eigenvalue weighted by Gasteiger charge is -2.03. The Bertz CT molecular complexity index is 841. The molecule has 0 fully saturated rings. The molecule has 0 atom stereocenters. The minimum absolute atomic E-state index is 0.0616. The molecular weight excluding hydrogens is 306 g/mol. The molecule has 122 valence electrons. The summed E-state index contributed by atoms with van der Waals surface area (Å²) in [6.45, 7) is 2.41. The highest BCUT2D eigenvalue weighted by molar-refractivity contribution is 5.89. The van der Waals surface area contributed by atoms with Crippen LogP contribution in [0.15, 0.2) is 52.9 Å². The SMILES string of the molecule is COc1ccc(-c2nnc(C(=O)NCc3cccc(C)c3)o2)cc1. The first-order valence-electron chi connectivity index (χ1n) is 7.47. The number of carbonyl (C=O) groups is 1. The first-order chi connectivity index (χ1) is 11.7. The van der Waals surface area contributed by atoms with Crippen LogP contribution in [0.1, 0.15) is 21.8 Å². The molecule has 1 N–H and O–H groups in total. The lowest BCUT2D eigenvalue weighted by Crippen LogP contribution is -2.23. The van der Waals surface area contributed by atoms with Gasteiger partial charge in [0, 0.05) is 12.1 Å². The number of methoxy groups -OCH3 is 1. The highest BCUT2D eigenvalue weighted by Gasteiger charge is 2.15. The molecule has 1 amide bonds. The van der Waals surface area contributed by atoms with Gasteiger partial charge >= 0.3 is 11.8 Å². The molecule has 1 aromatic heterocycles. The number of ether oxygens (including phenoxy) is 1. The number of carbonyl (C=O) groups excluding carboxylic acids is 1. The van der Waals surface area contributed by atoms with Crippen molar-refractivity contribution in [3.63, 3.8) is 0 Å². The van der Waals surface area contributed by atoms with Crippen molar-refractivity contribution < 1.29 is 13.9 Å². The van der Waals surface area contributed by atoms with Crippen molar-refractivity contribution in [1.82, 2.24) is 15.5 Å². The van der Waals surface area contributed by atoms with Gasteiger partial charge in [-0.3, -0.25) is 4.79 Å². The van der Waals surface area contributed by atoms with Gasteiger partial charge in [-0.1, -0.05) is 29.8 Å². The van der Waals surface area contributed by atoms with Gasteiger partial charge in [0.1, 0.15) is 5.75 Å². The van der Waals surface area contributed by atoms with Crippen LogP contribution in [0, 0.1) is 6.92 Å². The van der Waals surface area contributed by atoms with Crippen LogP contribution in [0.2, 0.25) is 0 Å². The molecule has 0 radical (unpaired) electrons. The van der Waals surface area contributed by atoms with Crippen LogP contribution < -0.4 is 10.1 Å². The molecule has 0 spiro atoms. The Hall–Kier alpha value is -3.15. The van der Waals surface area contributed by atoms with E-state index in [0.717, 1.165) is 22.4 Å². The number of hydrogen-bond donors (Lipinski definition) is 1. The van der Waals surface area contributed by atoms with E-state index in [2.05, 4.69) is 15.5 Å². The standard InChI is InChI=1S/C18H17N3O3/c1-12-4-3-5-13(10-12)11-19-16(22)18-21-20-17(24-18)14-6-8-15(23-2)9-7-14/h3-10H,11H2,1-2H3,(H,19,22). The predicted molar refractivity (Wildman–Crippen MR) is 88.6 cm³/mol. The normalized spacial score (nSPS) is 10.4. The molecular formula is C18H17N3O3. The number of benzene rings is 2. The summed E-state index contributed by atoms with van der Waals surface area (Å²) in [5.74, 6) is 0.560. The molecule has 0 unspecified atom stereocenters. The fourth-order valence-corrected chi connectivity index (χ4v) is 2.25. The first kappa shape index (κ1) is 15.7. The summed E-state index contributed by atoms with van der Waals surface area (Å²) < 4.78 is 10.5. The number of amides is 1. The summed E-state index contributed by atoms with van der Waals surface area (Å²) >= 11 is 0. The average Bonchev–Trinajstić information content (AvgIpc) is 3.10. The minimum Gasteiger partial charge on any atom is -0.497 e. The van der Waals surface area contributed by atoms with Crippen LogP contribution in [0.4, 0.5) is 0 Å². The van der Waals surface area contributed by atoms with E-state index in [1.807, 2.05) is 31.2 Å². The molecule has 6 nitrogen and oxygen atoms in total. The highest BCUT2D eigenvalue weighted by atomic mass is 16.5. The number of hydrogen-bond acceptors (Lipinski definition) is 5. The molecule has 2 aromatic carbocycles. The van der Waals surface area contributed by atoms with E-state index < -0.39 is 5.91 Å². The second-order valence-electron chi connectivity index (χ2n) is 5.31. The number of aromatic nitrogens is 2. The Labute approximate surface area is 139 Å². The Morgan fingerprint density at radius 2 is 1.96 bits per heavy atom. The summed E-state index contributed by atoms with van der Waals surface area (Å²) in [6, 6.07) is 15.1. The van der Waals surface area contributed by atoms with Crippen LogP contribution in [0.5, 0.6) is 5.75 Å². The van der Waals surface area contributed by atoms with Crippen molar-refractivity contribution in [2.45, 2.75) is 13.5 Å². The highest BCUT2D eigenvalue weighted by Crippen LogP contribution is 2.21. The summed E-state index contributed by atoms with van der Waals surface area (Å²) in [5.41, 5.74) is 2.88. The van der Waals surface area contributed by atoms with E-state index in [1.165, 1.54) is 0 Å².